The van der Waals surface area contributed by atoms with Gasteiger partial charge in [-0.3, -0.25) is 4.79 Å². The third kappa shape index (κ3) is 4.06. The Morgan fingerprint density at radius 2 is 2.12 bits per heavy atom. The van der Waals surface area contributed by atoms with Crippen LogP contribution in [0.2, 0.25) is 0 Å². The van der Waals surface area contributed by atoms with Crippen LogP contribution in [0.3, 0.4) is 0 Å². The minimum absolute atomic E-state index is 0.112. The molecule has 0 spiro atoms. The quantitative estimate of drug-likeness (QED) is 0.754. The zero-order valence-electron chi connectivity index (χ0n) is 13.8. The minimum Gasteiger partial charge on any atom is -0.465 e. The lowest BCUT2D eigenvalue weighted by Gasteiger charge is -2.06. The van der Waals surface area contributed by atoms with E-state index in [1.165, 1.54) is 7.11 Å². The van der Waals surface area contributed by atoms with E-state index in [-0.39, 0.29) is 19.2 Å². The summed E-state index contributed by atoms with van der Waals surface area (Å²) in [6, 6.07) is 5.62. The van der Waals surface area contributed by atoms with Crippen LogP contribution < -0.4 is 20.1 Å². The number of anilines is 1. The first kappa shape index (κ1) is 17.2. The Balaban J connectivity index is 1.49. The highest BCUT2D eigenvalue weighted by atomic mass is 32.1. The molecule has 2 N–H and O–H groups in total. The highest BCUT2D eigenvalue weighted by Crippen LogP contribution is 2.32. The van der Waals surface area contributed by atoms with Gasteiger partial charge in [0.2, 0.25) is 12.7 Å². The number of methoxy groups -OCH3 is 1. The molecule has 0 unspecified atom stereocenters. The number of esters is 1. The maximum atomic E-state index is 12.0. The topological polar surface area (TPSA) is 98.8 Å². The number of nitrogens with zero attached hydrogens (tertiary/aromatic N) is 1. The van der Waals surface area contributed by atoms with Gasteiger partial charge in [0.05, 0.1) is 19.3 Å². The van der Waals surface area contributed by atoms with E-state index in [0.717, 1.165) is 22.6 Å². The van der Waals surface area contributed by atoms with Crippen molar-refractivity contribution < 1.29 is 23.8 Å². The minimum atomic E-state index is -0.462. The largest absolute Gasteiger partial charge is 0.465 e. The number of benzene rings is 1. The number of fused-ring (bicyclic) bond motifs is 1. The summed E-state index contributed by atoms with van der Waals surface area (Å²) in [5, 5.41) is 6.08. The molecule has 1 aliphatic rings. The van der Waals surface area contributed by atoms with Crippen LogP contribution in [0.5, 0.6) is 11.5 Å². The van der Waals surface area contributed by atoms with Crippen LogP contribution in [-0.2, 0) is 16.1 Å². The average molecular weight is 363 g/mol. The van der Waals surface area contributed by atoms with Crippen molar-refractivity contribution in [3.05, 3.63) is 34.3 Å². The van der Waals surface area contributed by atoms with Crippen molar-refractivity contribution in [2.75, 3.05) is 25.8 Å². The Morgan fingerprint density at radius 3 is 2.92 bits per heavy atom. The second-order valence-electron chi connectivity index (χ2n) is 5.26. The molecule has 0 aliphatic carbocycles. The highest BCUT2D eigenvalue weighted by Gasteiger charge is 2.17. The van der Waals surface area contributed by atoms with E-state index < -0.39 is 5.97 Å². The number of aromatic nitrogens is 1. The number of aryl methyl sites for hydroxylation is 1. The average Bonchev–Trinajstić information content (AvgIpc) is 3.20. The van der Waals surface area contributed by atoms with Crippen molar-refractivity contribution in [3.8, 4) is 11.5 Å². The maximum Gasteiger partial charge on any atom is 0.350 e. The van der Waals surface area contributed by atoms with Crippen molar-refractivity contribution in [1.29, 1.82) is 0 Å². The van der Waals surface area contributed by atoms with Gasteiger partial charge >= 0.3 is 5.97 Å². The molecule has 0 bridgehead atoms. The Morgan fingerprint density at radius 1 is 1.32 bits per heavy atom. The summed E-state index contributed by atoms with van der Waals surface area (Å²) in [6.45, 7) is 2.54. The molecule has 9 heteroatoms. The van der Waals surface area contributed by atoms with Crippen LogP contribution in [0.1, 0.15) is 20.9 Å². The summed E-state index contributed by atoms with van der Waals surface area (Å²) in [4.78, 5) is 28.1. The predicted octanol–water partition coefficient (Wildman–Crippen LogP) is 1.70. The van der Waals surface area contributed by atoms with E-state index in [1.54, 1.807) is 6.92 Å². The van der Waals surface area contributed by atoms with E-state index in [1.807, 2.05) is 18.2 Å². The van der Waals surface area contributed by atoms with Crippen LogP contribution in [0.15, 0.2) is 18.2 Å². The van der Waals surface area contributed by atoms with Crippen molar-refractivity contribution in [1.82, 2.24) is 10.3 Å². The fourth-order valence-electron chi connectivity index (χ4n) is 2.27. The molecule has 8 nitrogen and oxygen atoms in total. The lowest BCUT2D eigenvalue weighted by atomic mass is 10.2. The Kier molecular flexibility index (Phi) is 5.15. The zero-order valence-corrected chi connectivity index (χ0v) is 14.6. The van der Waals surface area contributed by atoms with Gasteiger partial charge in [0.25, 0.3) is 0 Å². The molecule has 25 heavy (non-hydrogen) atoms. The van der Waals surface area contributed by atoms with Gasteiger partial charge in [-0.05, 0) is 24.6 Å². The maximum absolute atomic E-state index is 12.0. The van der Waals surface area contributed by atoms with Gasteiger partial charge in [-0.2, -0.15) is 0 Å². The Hall–Kier alpha value is -2.65. The number of thiazole rings is 1. The van der Waals surface area contributed by atoms with Crippen LogP contribution in [-0.4, -0.2) is 37.3 Å². The summed E-state index contributed by atoms with van der Waals surface area (Å²) < 4.78 is 15.2. The zero-order chi connectivity index (χ0) is 17.8. The monoisotopic (exact) mass is 363 g/mol. The van der Waals surface area contributed by atoms with Crippen LogP contribution in [0, 0.1) is 6.92 Å². The molecule has 132 valence electrons. The molecule has 0 radical (unpaired) electrons. The molecule has 0 saturated heterocycles. The lowest BCUT2D eigenvalue weighted by molar-refractivity contribution is -0.115. The molecule has 2 aromatic rings. The van der Waals surface area contributed by atoms with Gasteiger partial charge in [0, 0.05) is 6.54 Å². The molecular formula is C16H17N3O5S. The van der Waals surface area contributed by atoms with Gasteiger partial charge in [-0.15, -0.1) is 0 Å². The van der Waals surface area contributed by atoms with Gasteiger partial charge in [0.15, 0.2) is 16.6 Å². The summed E-state index contributed by atoms with van der Waals surface area (Å²) in [7, 11) is 1.31. The fraction of sp³-hybridized carbons (Fsp3) is 0.312. The first-order chi connectivity index (χ1) is 12.1. The SMILES string of the molecule is COC(=O)c1sc(NC(=O)CNCc2ccc3c(c2)OCO3)nc1C. The third-order valence-corrected chi connectivity index (χ3v) is 4.52. The van der Waals surface area contributed by atoms with Crippen molar-refractivity contribution in [3.63, 3.8) is 0 Å². The predicted molar refractivity (Wildman–Crippen MR) is 91.1 cm³/mol. The molecular weight excluding hydrogens is 346 g/mol. The number of rotatable bonds is 6. The molecule has 1 aromatic carbocycles. The second-order valence-corrected chi connectivity index (χ2v) is 6.26. The standard InChI is InChI=1S/C16H17N3O5S/c1-9-14(15(21)22-2)25-16(18-9)19-13(20)7-17-6-10-3-4-11-12(5-10)24-8-23-11/h3-5,17H,6-8H2,1-2H3,(H,18,19,20). The van der Waals surface area contributed by atoms with E-state index >= 15 is 0 Å². The van der Waals surface area contributed by atoms with E-state index in [2.05, 4.69) is 20.4 Å². The molecule has 3 rings (SSSR count). The van der Waals surface area contributed by atoms with E-state index in [0.29, 0.717) is 28.0 Å². The fourth-order valence-corrected chi connectivity index (χ4v) is 3.17. The number of hydrogen-bond donors (Lipinski definition) is 2. The molecule has 0 fully saturated rings. The molecule has 1 aromatic heterocycles. The molecule has 1 aliphatic heterocycles. The first-order valence-electron chi connectivity index (χ1n) is 7.51. The van der Waals surface area contributed by atoms with E-state index in [9.17, 15) is 9.59 Å². The number of hydrogen-bond acceptors (Lipinski definition) is 8. The van der Waals surface area contributed by atoms with Crippen LogP contribution in [0.25, 0.3) is 0 Å². The molecule has 0 atom stereocenters. The number of nitrogens with one attached hydrogen (secondary N) is 2. The van der Waals surface area contributed by atoms with Crippen molar-refractivity contribution >= 4 is 28.3 Å². The summed E-state index contributed by atoms with van der Waals surface area (Å²) in [6.07, 6.45) is 0. The normalized spacial score (nSPS) is 12.1. The summed E-state index contributed by atoms with van der Waals surface area (Å²) in [5.74, 6) is 0.724. The van der Waals surface area contributed by atoms with Crippen LogP contribution in [0.4, 0.5) is 5.13 Å². The molecule has 2 heterocycles. The van der Waals surface area contributed by atoms with Crippen molar-refractivity contribution in [2.24, 2.45) is 0 Å². The van der Waals surface area contributed by atoms with Gasteiger partial charge in [-0.25, -0.2) is 9.78 Å². The highest BCUT2D eigenvalue weighted by molar-refractivity contribution is 7.17. The van der Waals surface area contributed by atoms with Gasteiger partial charge in [0.1, 0.15) is 4.88 Å². The van der Waals surface area contributed by atoms with Crippen LogP contribution >= 0.6 is 11.3 Å². The third-order valence-electron chi connectivity index (χ3n) is 3.47. The Labute approximate surface area is 148 Å². The summed E-state index contributed by atoms with van der Waals surface area (Å²) >= 11 is 1.09. The summed E-state index contributed by atoms with van der Waals surface area (Å²) in [5.41, 5.74) is 1.51. The van der Waals surface area contributed by atoms with Gasteiger partial charge < -0.3 is 24.8 Å². The molecule has 1 amide bonds. The lowest BCUT2D eigenvalue weighted by Crippen LogP contribution is -2.27. The first-order valence-corrected chi connectivity index (χ1v) is 8.33. The van der Waals surface area contributed by atoms with Gasteiger partial charge in [-0.1, -0.05) is 17.4 Å². The number of carbonyl (C=O) groups is 2. The second kappa shape index (κ2) is 7.49. The number of carbonyl (C=O) groups excluding carboxylic acids is 2. The number of ether oxygens (including phenoxy) is 3. The molecule has 0 saturated carbocycles. The Bertz CT molecular complexity index is 805. The number of amides is 1. The van der Waals surface area contributed by atoms with E-state index in [4.69, 9.17) is 9.47 Å². The smallest absolute Gasteiger partial charge is 0.350 e. The van der Waals surface area contributed by atoms with Crippen molar-refractivity contribution in [2.45, 2.75) is 13.5 Å².